The van der Waals surface area contributed by atoms with E-state index in [1.165, 1.54) is 5.69 Å². The summed E-state index contributed by atoms with van der Waals surface area (Å²) >= 11 is 0. The van der Waals surface area contributed by atoms with Crippen molar-refractivity contribution in [2.24, 2.45) is 0 Å². The van der Waals surface area contributed by atoms with Crippen LogP contribution in [0.2, 0.25) is 0 Å². The molecule has 8 nitrogen and oxygen atoms in total. The van der Waals surface area contributed by atoms with Crippen molar-refractivity contribution in [3.8, 4) is 23.1 Å². The molecular formula is C30H35N5O3. The third-order valence-electron chi connectivity index (χ3n) is 7.98. The summed E-state index contributed by atoms with van der Waals surface area (Å²) in [4.78, 5) is 18.9. The molecule has 0 unspecified atom stereocenters. The molecule has 8 heteroatoms. The van der Waals surface area contributed by atoms with E-state index in [2.05, 4.69) is 45.0 Å². The maximum Gasteiger partial charge on any atom is 0.219 e. The van der Waals surface area contributed by atoms with Gasteiger partial charge in [-0.1, -0.05) is 24.1 Å². The van der Waals surface area contributed by atoms with Crippen molar-refractivity contribution in [1.29, 1.82) is 0 Å². The zero-order valence-corrected chi connectivity index (χ0v) is 22.0. The molecule has 0 bridgehead atoms. The predicted octanol–water partition coefficient (Wildman–Crippen LogP) is 3.47. The van der Waals surface area contributed by atoms with Crippen LogP contribution in [-0.2, 0) is 27.2 Å². The summed E-state index contributed by atoms with van der Waals surface area (Å²) in [6.45, 7) is 6.94. The number of aromatic nitrogens is 3. The normalized spacial score (nSPS) is 18.7. The molecule has 0 aliphatic carbocycles. The molecule has 2 fully saturated rings. The first kappa shape index (κ1) is 25.1. The van der Waals surface area contributed by atoms with Gasteiger partial charge in [0.2, 0.25) is 5.91 Å². The second kappa shape index (κ2) is 11.2. The number of amides is 1. The van der Waals surface area contributed by atoms with Crippen molar-refractivity contribution in [3.63, 3.8) is 0 Å². The van der Waals surface area contributed by atoms with Gasteiger partial charge in [-0.05, 0) is 56.1 Å². The van der Waals surface area contributed by atoms with Crippen molar-refractivity contribution in [2.45, 2.75) is 57.7 Å². The Morgan fingerprint density at radius 3 is 2.87 bits per heavy atom. The molecule has 1 N–H and O–H groups in total. The largest absolute Gasteiger partial charge is 0.381 e. The number of piperidine rings is 1. The van der Waals surface area contributed by atoms with Crippen LogP contribution in [0.5, 0.6) is 0 Å². The van der Waals surface area contributed by atoms with Crippen molar-refractivity contribution in [2.75, 3.05) is 39.5 Å². The Morgan fingerprint density at radius 2 is 2.05 bits per heavy atom. The first-order valence-electron chi connectivity index (χ1n) is 13.8. The number of fused-ring (bicyclic) bond motifs is 2. The molecule has 3 aliphatic rings. The van der Waals surface area contributed by atoms with Gasteiger partial charge in [-0.3, -0.25) is 9.48 Å². The van der Waals surface area contributed by atoms with Crippen LogP contribution in [0.15, 0.2) is 30.5 Å². The van der Waals surface area contributed by atoms with Crippen LogP contribution in [0.25, 0.3) is 22.0 Å². The number of carbonyl (C=O) groups is 1. The monoisotopic (exact) mass is 513 g/mol. The zero-order valence-electron chi connectivity index (χ0n) is 22.0. The molecule has 3 aliphatic heterocycles. The maximum absolute atomic E-state index is 12.3. The number of hydrogen-bond acceptors (Lipinski definition) is 6. The molecule has 2 saturated heterocycles. The van der Waals surface area contributed by atoms with Crippen molar-refractivity contribution in [1.82, 2.24) is 25.0 Å². The van der Waals surface area contributed by atoms with Gasteiger partial charge in [0, 0.05) is 68.1 Å². The van der Waals surface area contributed by atoms with Crippen LogP contribution in [0.3, 0.4) is 0 Å². The molecule has 0 spiro atoms. The summed E-state index contributed by atoms with van der Waals surface area (Å²) in [5.74, 6) is 6.42. The zero-order chi connectivity index (χ0) is 25.9. The molecule has 1 amide bonds. The summed E-state index contributed by atoms with van der Waals surface area (Å²) in [5.41, 5.74) is 5.16. The third-order valence-corrected chi connectivity index (χ3v) is 7.98. The first-order chi connectivity index (χ1) is 18.7. The lowest BCUT2D eigenvalue weighted by Gasteiger charge is -2.29. The maximum atomic E-state index is 12.3. The molecule has 198 valence electrons. The minimum Gasteiger partial charge on any atom is -0.381 e. The Labute approximate surface area is 223 Å². The fourth-order valence-electron chi connectivity index (χ4n) is 5.86. The third kappa shape index (κ3) is 5.19. The predicted molar refractivity (Wildman–Crippen MR) is 146 cm³/mol. The van der Waals surface area contributed by atoms with Crippen LogP contribution in [-0.4, -0.2) is 71.1 Å². The number of benzene rings is 1. The summed E-state index contributed by atoms with van der Waals surface area (Å²) in [6, 6.07) is 8.66. The quantitative estimate of drug-likeness (QED) is 0.538. The molecule has 38 heavy (non-hydrogen) atoms. The SMILES string of the molecule is CC(=O)N1CCc2c(c(-c3cccc4cc(C#CCOC5CCNCC5)ncc34)nn2C2CCOCC2)C1. The molecule has 0 radical (unpaired) electrons. The number of carbonyl (C=O) groups excluding carboxylic acids is 1. The Kier molecular flexibility index (Phi) is 7.41. The Balaban J connectivity index is 1.31. The van der Waals surface area contributed by atoms with Gasteiger partial charge in [-0.25, -0.2) is 4.98 Å². The molecule has 5 heterocycles. The van der Waals surface area contributed by atoms with Crippen LogP contribution < -0.4 is 5.32 Å². The highest BCUT2D eigenvalue weighted by Gasteiger charge is 2.30. The summed E-state index contributed by atoms with van der Waals surface area (Å²) < 4.78 is 13.8. The Morgan fingerprint density at radius 1 is 1.21 bits per heavy atom. The van der Waals surface area contributed by atoms with Crippen LogP contribution in [0.4, 0.5) is 0 Å². The Bertz CT molecular complexity index is 1380. The van der Waals surface area contributed by atoms with E-state index in [0.717, 1.165) is 98.2 Å². The number of nitrogens with zero attached hydrogens (tertiary/aromatic N) is 4. The van der Waals surface area contributed by atoms with Crippen molar-refractivity contribution in [3.05, 3.63) is 47.4 Å². The minimum absolute atomic E-state index is 0.104. The summed E-state index contributed by atoms with van der Waals surface area (Å²) in [7, 11) is 0. The van der Waals surface area contributed by atoms with Crippen LogP contribution >= 0.6 is 0 Å². The van der Waals surface area contributed by atoms with Gasteiger partial charge in [0.1, 0.15) is 12.3 Å². The molecule has 0 saturated carbocycles. The van der Waals surface area contributed by atoms with Crippen molar-refractivity contribution < 1.29 is 14.3 Å². The highest BCUT2D eigenvalue weighted by molar-refractivity contribution is 5.96. The standard InChI is InChI=1S/C30H35N5O3/c1-21(36)34-14-9-29-28(20-34)30(33-35(29)24-10-16-37-17-11-24)26-6-2-4-22-18-23(32-19-27(22)26)5-3-15-38-25-7-12-31-13-8-25/h2,4,6,18-19,24-25,31H,7-17,20H2,1H3. The van der Waals surface area contributed by atoms with E-state index in [4.69, 9.17) is 14.6 Å². The van der Waals surface area contributed by atoms with Gasteiger partial charge in [0.05, 0.1) is 17.8 Å². The first-order valence-corrected chi connectivity index (χ1v) is 13.8. The van der Waals surface area contributed by atoms with E-state index in [9.17, 15) is 4.79 Å². The topological polar surface area (TPSA) is 81.5 Å². The van der Waals surface area contributed by atoms with Gasteiger partial charge < -0.3 is 19.7 Å². The second-order valence-corrected chi connectivity index (χ2v) is 10.4. The van der Waals surface area contributed by atoms with Gasteiger partial charge in [-0.2, -0.15) is 5.10 Å². The van der Waals surface area contributed by atoms with E-state index >= 15 is 0 Å². The van der Waals surface area contributed by atoms with E-state index < -0.39 is 0 Å². The summed E-state index contributed by atoms with van der Waals surface area (Å²) in [5, 5.41) is 10.7. The average molecular weight is 514 g/mol. The van der Waals surface area contributed by atoms with Gasteiger partial charge in [-0.15, -0.1) is 0 Å². The van der Waals surface area contributed by atoms with Crippen LogP contribution in [0.1, 0.15) is 55.6 Å². The number of ether oxygens (including phenoxy) is 2. The number of hydrogen-bond donors (Lipinski definition) is 1. The van der Waals surface area contributed by atoms with Crippen LogP contribution in [0, 0.1) is 11.8 Å². The highest BCUT2D eigenvalue weighted by Crippen LogP contribution is 2.37. The second-order valence-electron chi connectivity index (χ2n) is 10.4. The van der Waals surface area contributed by atoms with Gasteiger partial charge in [0.25, 0.3) is 0 Å². The van der Waals surface area contributed by atoms with Gasteiger partial charge >= 0.3 is 0 Å². The molecule has 3 aromatic rings. The molecular weight excluding hydrogens is 478 g/mol. The lowest BCUT2D eigenvalue weighted by Crippen LogP contribution is -2.35. The fourth-order valence-corrected chi connectivity index (χ4v) is 5.86. The van der Waals surface area contributed by atoms with E-state index in [1.807, 2.05) is 17.2 Å². The average Bonchev–Trinajstić information content (AvgIpc) is 3.34. The minimum atomic E-state index is 0.104. The van der Waals surface area contributed by atoms with Crippen molar-refractivity contribution >= 4 is 16.7 Å². The fraction of sp³-hybridized carbons (Fsp3) is 0.500. The smallest absolute Gasteiger partial charge is 0.219 e. The molecule has 6 rings (SSSR count). The van der Waals surface area contributed by atoms with E-state index in [1.54, 1.807) is 6.92 Å². The molecule has 2 aromatic heterocycles. The Hall–Kier alpha value is -3.25. The lowest BCUT2D eigenvalue weighted by molar-refractivity contribution is -0.129. The van der Waals surface area contributed by atoms with E-state index in [-0.39, 0.29) is 5.91 Å². The van der Waals surface area contributed by atoms with E-state index in [0.29, 0.717) is 25.3 Å². The molecule has 0 atom stereocenters. The van der Waals surface area contributed by atoms with Gasteiger partial charge in [0.15, 0.2) is 0 Å². The highest BCUT2D eigenvalue weighted by atomic mass is 16.5. The number of rotatable bonds is 4. The number of pyridine rings is 1. The summed E-state index contributed by atoms with van der Waals surface area (Å²) in [6.07, 6.45) is 7.03. The lowest BCUT2D eigenvalue weighted by atomic mass is 9.97. The number of nitrogens with one attached hydrogen (secondary N) is 1. The molecule has 1 aromatic carbocycles.